The van der Waals surface area contributed by atoms with Crippen LogP contribution in [-0.2, 0) is 0 Å². The standard InChI is InChI=1S/C20H25ClN2O4/c1-25-18-12-14(11-15(21)19(18)26-2)20(24)22-13-16(17-7-6-10-27-17)23-8-4-3-5-9-23/h6-7,10-12,16H,3-5,8-9,13H2,1-2H3,(H,22,24)/t16-/m0/s1. The highest BCUT2D eigenvalue weighted by Gasteiger charge is 2.25. The first-order valence-corrected chi connectivity index (χ1v) is 9.49. The highest BCUT2D eigenvalue weighted by Crippen LogP contribution is 2.36. The maximum atomic E-state index is 12.7. The fourth-order valence-corrected chi connectivity index (χ4v) is 3.75. The molecule has 1 N–H and O–H groups in total. The summed E-state index contributed by atoms with van der Waals surface area (Å²) in [4.78, 5) is 15.1. The minimum absolute atomic E-state index is 0.0138. The number of piperidine rings is 1. The van der Waals surface area contributed by atoms with E-state index in [1.54, 1.807) is 18.4 Å². The maximum absolute atomic E-state index is 12.7. The fraction of sp³-hybridized carbons (Fsp3) is 0.450. The lowest BCUT2D eigenvalue weighted by Gasteiger charge is -2.33. The zero-order chi connectivity index (χ0) is 19.2. The van der Waals surface area contributed by atoms with Gasteiger partial charge in [0.25, 0.3) is 5.91 Å². The van der Waals surface area contributed by atoms with Crippen molar-refractivity contribution in [3.63, 3.8) is 0 Å². The molecule has 1 atom stereocenters. The van der Waals surface area contributed by atoms with Crippen LogP contribution >= 0.6 is 11.6 Å². The van der Waals surface area contributed by atoms with Crippen molar-refractivity contribution < 1.29 is 18.7 Å². The Bertz CT molecular complexity index is 758. The average molecular weight is 393 g/mol. The summed E-state index contributed by atoms with van der Waals surface area (Å²) in [6.45, 7) is 2.46. The van der Waals surface area contributed by atoms with E-state index in [4.69, 9.17) is 25.5 Å². The summed E-state index contributed by atoms with van der Waals surface area (Å²) in [6, 6.07) is 7.06. The van der Waals surface area contributed by atoms with E-state index in [1.165, 1.54) is 20.6 Å². The van der Waals surface area contributed by atoms with Crippen molar-refractivity contribution in [1.29, 1.82) is 0 Å². The molecule has 146 valence electrons. The lowest BCUT2D eigenvalue weighted by atomic mass is 10.1. The van der Waals surface area contributed by atoms with Gasteiger partial charge in [-0.25, -0.2) is 0 Å². The number of nitrogens with zero attached hydrogens (tertiary/aromatic N) is 1. The van der Waals surface area contributed by atoms with Crippen LogP contribution in [0.5, 0.6) is 11.5 Å². The molecule has 0 aliphatic carbocycles. The minimum atomic E-state index is -0.216. The number of halogens is 1. The van der Waals surface area contributed by atoms with Gasteiger partial charge in [0.2, 0.25) is 0 Å². The average Bonchev–Trinajstić information content (AvgIpc) is 3.22. The van der Waals surface area contributed by atoms with Crippen molar-refractivity contribution in [1.82, 2.24) is 10.2 Å². The molecule has 1 aromatic heterocycles. The van der Waals surface area contributed by atoms with E-state index in [9.17, 15) is 4.79 Å². The molecule has 1 aromatic carbocycles. The van der Waals surface area contributed by atoms with Crippen molar-refractivity contribution in [2.24, 2.45) is 0 Å². The van der Waals surface area contributed by atoms with Crippen LogP contribution < -0.4 is 14.8 Å². The Morgan fingerprint density at radius 3 is 2.67 bits per heavy atom. The van der Waals surface area contributed by atoms with Gasteiger partial charge in [-0.3, -0.25) is 9.69 Å². The molecule has 1 aliphatic heterocycles. The third-order valence-corrected chi connectivity index (χ3v) is 5.14. The molecule has 7 heteroatoms. The number of carbonyl (C=O) groups is 1. The Kier molecular flexibility index (Phi) is 6.63. The van der Waals surface area contributed by atoms with Crippen LogP contribution in [0.4, 0.5) is 0 Å². The molecule has 6 nitrogen and oxygen atoms in total. The number of carbonyl (C=O) groups excluding carboxylic acids is 1. The molecular weight excluding hydrogens is 368 g/mol. The van der Waals surface area contributed by atoms with Crippen LogP contribution in [0, 0.1) is 0 Å². The Morgan fingerprint density at radius 1 is 1.26 bits per heavy atom. The van der Waals surface area contributed by atoms with E-state index in [1.807, 2.05) is 12.1 Å². The summed E-state index contributed by atoms with van der Waals surface area (Å²) in [6.07, 6.45) is 5.24. The molecule has 1 fully saturated rings. The molecule has 3 rings (SSSR count). The Labute approximate surface area is 164 Å². The van der Waals surface area contributed by atoms with Crippen molar-refractivity contribution in [3.05, 3.63) is 46.9 Å². The number of amides is 1. The van der Waals surface area contributed by atoms with E-state index in [-0.39, 0.29) is 11.9 Å². The van der Waals surface area contributed by atoms with Crippen molar-refractivity contribution >= 4 is 17.5 Å². The van der Waals surface area contributed by atoms with Gasteiger partial charge in [0, 0.05) is 12.1 Å². The van der Waals surface area contributed by atoms with Gasteiger partial charge in [0.05, 0.1) is 31.5 Å². The highest BCUT2D eigenvalue weighted by molar-refractivity contribution is 6.32. The normalized spacial score (nSPS) is 16.0. The lowest BCUT2D eigenvalue weighted by Crippen LogP contribution is -2.40. The topological polar surface area (TPSA) is 63.9 Å². The Balaban J connectivity index is 1.73. The van der Waals surface area contributed by atoms with Crippen molar-refractivity contribution in [3.8, 4) is 11.5 Å². The monoisotopic (exact) mass is 392 g/mol. The van der Waals surface area contributed by atoms with E-state index >= 15 is 0 Å². The van der Waals surface area contributed by atoms with Crippen LogP contribution in [0.2, 0.25) is 5.02 Å². The molecule has 0 radical (unpaired) electrons. The van der Waals surface area contributed by atoms with E-state index in [2.05, 4.69) is 10.2 Å². The zero-order valence-corrected chi connectivity index (χ0v) is 16.4. The van der Waals surface area contributed by atoms with Gasteiger partial charge in [-0.15, -0.1) is 0 Å². The van der Waals surface area contributed by atoms with Gasteiger partial charge in [-0.1, -0.05) is 18.0 Å². The van der Waals surface area contributed by atoms with Crippen LogP contribution in [-0.4, -0.2) is 44.7 Å². The van der Waals surface area contributed by atoms with E-state index in [0.717, 1.165) is 31.7 Å². The number of methoxy groups -OCH3 is 2. The van der Waals surface area contributed by atoms with Gasteiger partial charge >= 0.3 is 0 Å². The predicted molar refractivity (Wildman–Crippen MR) is 104 cm³/mol. The predicted octanol–water partition coefficient (Wildman–Crippen LogP) is 3.91. The quantitative estimate of drug-likeness (QED) is 0.774. The van der Waals surface area contributed by atoms with Crippen molar-refractivity contribution in [2.75, 3.05) is 33.9 Å². The summed E-state index contributed by atoms with van der Waals surface area (Å²) < 4.78 is 16.1. The third kappa shape index (κ3) is 4.57. The second-order valence-electron chi connectivity index (χ2n) is 6.53. The van der Waals surface area contributed by atoms with Gasteiger partial charge < -0.3 is 19.2 Å². The Morgan fingerprint density at radius 2 is 2.04 bits per heavy atom. The molecule has 1 amide bonds. The number of rotatable bonds is 7. The molecule has 0 saturated carbocycles. The van der Waals surface area contributed by atoms with Gasteiger partial charge in [0.1, 0.15) is 5.76 Å². The molecule has 2 heterocycles. The van der Waals surface area contributed by atoms with Crippen LogP contribution in [0.15, 0.2) is 34.9 Å². The van der Waals surface area contributed by atoms with E-state index < -0.39 is 0 Å². The van der Waals surface area contributed by atoms with Gasteiger partial charge in [-0.05, 0) is 50.2 Å². The minimum Gasteiger partial charge on any atom is -0.493 e. The fourth-order valence-electron chi connectivity index (χ4n) is 3.46. The smallest absolute Gasteiger partial charge is 0.251 e. The Hall–Kier alpha value is -2.18. The molecule has 1 saturated heterocycles. The molecule has 27 heavy (non-hydrogen) atoms. The first kappa shape index (κ1) is 19.6. The summed E-state index contributed by atoms with van der Waals surface area (Å²) in [5.74, 6) is 1.49. The molecule has 0 bridgehead atoms. The van der Waals surface area contributed by atoms with Gasteiger partial charge in [-0.2, -0.15) is 0 Å². The third-order valence-electron chi connectivity index (χ3n) is 4.85. The van der Waals surface area contributed by atoms with Crippen LogP contribution in [0.25, 0.3) is 0 Å². The summed E-state index contributed by atoms with van der Waals surface area (Å²) in [7, 11) is 3.02. The number of benzene rings is 1. The second kappa shape index (κ2) is 9.15. The zero-order valence-electron chi connectivity index (χ0n) is 15.7. The number of nitrogens with one attached hydrogen (secondary N) is 1. The molecule has 1 aliphatic rings. The molecule has 0 spiro atoms. The summed E-state index contributed by atoms with van der Waals surface area (Å²) >= 11 is 6.21. The molecular formula is C20H25ClN2O4. The van der Waals surface area contributed by atoms with Crippen LogP contribution in [0.3, 0.4) is 0 Å². The largest absolute Gasteiger partial charge is 0.493 e. The lowest BCUT2D eigenvalue weighted by molar-refractivity contribution is 0.0913. The SMILES string of the molecule is COc1cc(C(=O)NC[C@@H](c2ccco2)N2CCCCC2)cc(Cl)c1OC. The second-order valence-corrected chi connectivity index (χ2v) is 6.94. The number of hydrogen-bond acceptors (Lipinski definition) is 5. The number of hydrogen-bond donors (Lipinski definition) is 1. The summed E-state index contributed by atoms with van der Waals surface area (Å²) in [5.41, 5.74) is 0.425. The molecule has 0 unspecified atom stereocenters. The molecule has 2 aromatic rings. The van der Waals surface area contributed by atoms with E-state index in [0.29, 0.717) is 28.6 Å². The first-order chi connectivity index (χ1) is 13.1. The number of furan rings is 1. The first-order valence-electron chi connectivity index (χ1n) is 9.11. The summed E-state index contributed by atoms with van der Waals surface area (Å²) in [5, 5.41) is 3.34. The maximum Gasteiger partial charge on any atom is 0.251 e. The number of ether oxygens (including phenoxy) is 2. The van der Waals surface area contributed by atoms with Crippen LogP contribution in [0.1, 0.15) is 41.4 Å². The van der Waals surface area contributed by atoms with Crippen molar-refractivity contribution in [2.45, 2.75) is 25.3 Å². The van der Waals surface area contributed by atoms with Gasteiger partial charge in [0.15, 0.2) is 11.5 Å². The highest BCUT2D eigenvalue weighted by atomic mass is 35.5. The number of likely N-dealkylation sites (tertiary alicyclic amines) is 1.